The van der Waals surface area contributed by atoms with E-state index in [1.807, 2.05) is 0 Å². The summed E-state index contributed by atoms with van der Waals surface area (Å²) in [4.78, 5) is 3.88. The maximum atomic E-state index is 12.2. The number of thioether (sulfide) groups is 1. The lowest BCUT2D eigenvalue weighted by molar-refractivity contribution is -0.128. The van der Waals surface area contributed by atoms with E-state index < -0.39 is 12.6 Å². The number of hydrogen-bond donors (Lipinski definition) is 1. The van der Waals surface area contributed by atoms with Crippen LogP contribution in [0.25, 0.3) is 0 Å². The first-order valence-electron chi connectivity index (χ1n) is 6.20. The monoisotopic (exact) mass is 295 g/mol. The molecule has 1 aromatic heterocycles. The summed E-state index contributed by atoms with van der Waals surface area (Å²) in [5.41, 5.74) is 0. The van der Waals surface area contributed by atoms with Crippen LogP contribution in [0.15, 0.2) is 4.52 Å². The van der Waals surface area contributed by atoms with Gasteiger partial charge in [0.05, 0.1) is 5.92 Å². The molecule has 0 saturated carbocycles. The van der Waals surface area contributed by atoms with Crippen molar-refractivity contribution in [2.45, 2.75) is 37.9 Å². The van der Waals surface area contributed by atoms with E-state index in [-0.39, 0.29) is 17.8 Å². The Morgan fingerprint density at radius 1 is 1.42 bits per heavy atom. The number of alkyl halides is 3. The summed E-state index contributed by atoms with van der Waals surface area (Å²) in [7, 11) is 0. The number of rotatable bonds is 5. The molecule has 1 saturated heterocycles. The molecule has 0 spiro atoms. The molecule has 0 aliphatic carbocycles. The highest BCUT2D eigenvalue weighted by Gasteiger charge is 2.35. The second-order valence-corrected chi connectivity index (χ2v) is 5.62. The molecule has 1 aromatic rings. The van der Waals surface area contributed by atoms with Gasteiger partial charge in [0.25, 0.3) is 0 Å². The summed E-state index contributed by atoms with van der Waals surface area (Å²) in [5.74, 6) is 1.76. The molecule has 19 heavy (non-hydrogen) atoms. The van der Waals surface area contributed by atoms with Crippen LogP contribution in [0.2, 0.25) is 0 Å². The van der Waals surface area contributed by atoms with E-state index >= 15 is 0 Å². The predicted octanol–water partition coefficient (Wildman–Crippen LogP) is 2.37. The van der Waals surface area contributed by atoms with Crippen LogP contribution >= 0.6 is 11.8 Å². The average molecular weight is 295 g/mol. The highest BCUT2D eigenvalue weighted by Crippen LogP contribution is 2.32. The Labute approximate surface area is 113 Å². The van der Waals surface area contributed by atoms with Crippen LogP contribution in [-0.2, 0) is 6.42 Å². The van der Waals surface area contributed by atoms with Gasteiger partial charge in [-0.05, 0) is 13.0 Å². The fourth-order valence-corrected chi connectivity index (χ4v) is 3.37. The lowest BCUT2D eigenvalue weighted by Crippen LogP contribution is -2.34. The first-order chi connectivity index (χ1) is 8.99. The quantitative estimate of drug-likeness (QED) is 0.904. The molecule has 0 aromatic carbocycles. The third-order valence-electron chi connectivity index (χ3n) is 2.90. The van der Waals surface area contributed by atoms with Gasteiger partial charge in [-0.15, -0.1) is 0 Å². The first-order valence-corrected chi connectivity index (χ1v) is 7.35. The van der Waals surface area contributed by atoms with Gasteiger partial charge in [0.15, 0.2) is 5.82 Å². The zero-order valence-corrected chi connectivity index (χ0v) is 11.4. The third-order valence-corrected chi connectivity index (χ3v) is 4.09. The van der Waals surface area contributed by atoms with Gasteiger partial charge in [-0.1, -0.05) is 12.1 Å². The Hall–Kier alpha value is -0.760. The summed E-state index contributed by atoms with van der Waals surface area (Å²) < 4.78 is 41.7. The molecule has 108 valence electrons. The van der Waals surface area contributed by atoms with Gasteiger partial charge in [-0.25, -0.2) is 0 Å². The normalized spacial score (nSPS) is 24.0. The molecule has 2 rings (SSSR count). The fraction of sp³-hybridized carbons (Fsp3) is 0.818. The van der Waals surface area contributed by atoms with Crippen LogP contribution in [0.4, 0.5) is 13.2 Å². The summed E-state index contributed by atoms with van der Waals surface area (Å²) >= 11 is 1.75. The predicted molar refractivity (Wildman–Crippen MR) is 66.2 cm³/mol. The van der Waals surface area contributed by atoms with E-state index in [1.165, 1.54) is 0 Å². The van der Waals surface area contributed by atoms with Crippen LogP contribution < -0.4 is 5.32 Å². The van der Waals surface area contributed by atoms with Gasteiger partial charge in [0.1, 0.15) is 6.42 Å². The maximum absolute atomic E-state index is 12.2. The summed E-state index contributed by atoms with van der Waals surface area (Å²) in [6, 6.07) is 0.198. The molecular weight excluding hydrogens is 279 g/mol. The van der Waals surface area contributed by atoms with Crippen LogP contribution in [0.3, 0.4) is 0 Å². The second-order valence-electron chi connectivity index (χ2n) is 4.55. The van der Waals surface area contributed by atoms with Gasteiger partial charge in [-0.2, -0.15) is 29.9 Å². The molecule has 1 fully saturated rings. The SMILES string of the molecule is CCCNC1CSCC1c1nc(CC(F)(F)F)no1. The Bertz CT molecular complexity index is 410. The molecule has 0 bridgehead atoms. The lowest BCUT2D eigenvalue weighted by Gasteiger charge is -2.16. The average Bonchev–Trinajstić information content (AvgIpc) is 2.92. The summed E-state index contributed by atoms with van der Waals surface area (Å²) in [6.45, 7) is 2.95. The van der Waals surface area contributed by atoms with Crippen molar-refractivity contribution in [1.82, 2.24) is 15.5 Å². The molecular formula is C11H16F3N3OS. The summed E-state index contributed by atoms with van der Waals surface area (Å²) in [6.07, 6.45) is -4.42. The number of halogens is 3. The molecule has 0 amide bonds. The van der Waals surface area contributed by atoms with Gasteiger partial charge >= 0.3 is 6.18 Å². The topological polar surface area (TPSA) is 51.0 Å². The highest BCUT2D eigenvalue weighted by molar-refractivity contribution is 7.99. The van der Waals surface area contributed by atoms with E-state index in [1.54, 1.807) is 11.8 Å². The molecule has 2 unspecified atom stereocenters. The highest BCUT2D eigenvalue weighted by atomic mass is 32.2. The van der Waals surface area contributed by atoms with Crippen molar-refractivity contribution in [3.8, 4) is 0 Å². The molecule has 1 aliphatic heterocycles. The van der Waals surface area contributed by atoms with Gasteiger partial charge < -0.3 is 9.84 Å². The minimum absolute atomic E-state index is 0.00559. The van der Waals surface area contributed by atoms with Gasteiger partial charge in [0, 0.05) is 17.5 Å². The number of aromatic nitrogens is 2. The Kier molecular flexibility index (Phi) is 4.72. The smallest absolute Gasteiger partial charge is 0.339 e. The van der Waals surface area contributed by atoms with Crippen molar-refractivity contribution in [2.24, 2.45) is 0 Å². The molecule has 1 N–H and O–H groups in total. The van der Waals surface area contributed by atoms with Crippen LogP contribution in [0, 0.1) is 0 Å². The van der Waals surface area contributed by atoms with Crippen LogP contribution in [-0.4, -0.2) is 40.4 Å². The molecule has 2 atom stereocenters. The standard InChI is InChI=1S/C11H16F3N3OS/c1-2-3-15-8-6-19-5-7(8)10-16-9(17-18-10)4-11(12,13)14/h7-8,15H,2-6H2,1H3. The molecule has 1 aliphatic rings. The van der Waals surface area contributed by atoms with E-state index in [2.05, 4.69) is 22.4 Å². The Morgan fingerprint density at radius 2 is 2.21 bits per heavy atom. The van der Waals surface area contributed by atoms with Crippen molar-refractivity contribution in [3.63, 3.8) is 0 Å². The van der Waals surface area contributed by atoms with Crippen molar-refractivity contribution in [2.75, 3.05) is 18.1 Å². The summed E-state index contributed by atoms with van der Waals surface area (Å²) in [5, 5.41) is 6.78. The number of nitrogens with one attached hydrogen (secondary N) is 1. The second kappa shape index (κ2) is 6.13. The maximum Gasteiger partial charge on any atom is 0.396 e. The fourth-order valence-electron chi connectivity index (χ4n) is 2.00. The first kappa shape index (κ1) is 14.6. The zero-order chi connectivity index (χ0) is 13.9. The van der Waals surface area contributed by atoms with Crippen molar-refractivity contribution >= 4 is 11.8 Å². The Morgan fingerprint density at radius 3 is 2.89 bits per heavy atom. The lowest BCUT2D eigenvalue weighted by atomic mass is 10.0. The van der Waals surface area contributed by atoms with E-state index in [0.29, 0.717) is 5.89 Å². The largest absolute Gasteiger partial charge is 0.396 e. The Balaban J connectivity index is 2.01. The van der Waals surface area contributed by atoms with E-state index in [0.717, 1.165) is 24.5 Å². The van der Waals surface area contributed by atoms with Crippen LogP contribution in [0.5, 0.6) is 0 Å². The van der Waals surface area contributed by atoms with Gasteiger partial charge in [0.2, 0.25) is 5.89 Å². The number of nitrogens with zero attached hydrogens (tertiary/aromatic N) is 2. The number of hydrogen-bond acceptors (Lipinski definition) is 5. The third kappa shape index (κ3) is 4.10. The minimum atomic E-state index is -4.30. The molecule has 0 radical (unpaired) electrons. The molecule has 4 nitrogen and oxygen atoms in total. The molecule has 2 heterocycles. The van der Waals surface area contributed by atoms with E-state index in [4.69, 9.17) is 4.52 Å². The van der Waals surface area contributed by atoms with E-state index in [9.17, 15) is 13.2 Å². The van der Waals surface area contributed by atoms with Gasteiger partial charge in [-0.3, -0.25) is 0 Å². The van der Waals surface area contributed by atoms with Crippen molar-refractivity contribution < 1.29 is 17.7 Å². The zero-order valence-electron chi connectivity index (χ0n) is 10.5. The minimum Gasteiger partial charge on any atom is -0.339 e. The molecule has 8 heteroatoms. The van der Waals surface area contributed by atoms with Crippen LogP contribution in [0.1, 0.15) is 31.0 Å². The van der Waals surface area contributed by atoms with Crippen molar-refractivity contribution in [1.29, 1.82) is 0 Å². The van der Waals surface area contributed by atoms with Crippen molar-refractivity contribution in [3.05, 3.63) is 11.7 Å².